The van der Waals surface area contributed by atoms with E-state index >= 15 is 0 Å². The Morgan fingerprint density at radius 2 is 2.24 bits per heavy atom. The SMILES string of the molecule is C[n+]1cc2c([nH]1)CCN(C(=O)OC(C)(C)C)C2. The third-order valence-corrected chi connectivity index (χ3v) is 2.69. The number of carbonyl (C=O) groups is 1. The van der Waals surface area contributed by atoms with Gasteiger partial charge in [-0.25, -0.2) is 4.79 Å². The van der Waals surface area contributed by atoms with Crippen molar-refractivity contribution in [2.24, 2.45) is 7.05 Å². The van der Waals surface area contributed by atoms with Gasteiger partial charge >= 0.3 is 6.09 Å². The molecule has 0 saturated heterocycles. The van der Waals surface area contributed by atoms with Gasteiger partial charge in [-0.2, -0.15) is 5.10 Å². The highest BCUT2D eigenvalue weighted by molar-refractivity contribution is 5.68. The van der Waals surface area contributed by atoms with Crippen molar-refractivity contribution in [3.8, 4) is 0 Å². The Balaban J connectivity index is 2.05. The molecular formula is C12H20N3O2+. The number of hydrogen-bond donors (Lipinski definition) is 1. The number of nitrogens with one attached hydrogen (secondary N) is 1. The van der Waals surface area contributed by atoms with E-state index in [0.29, 0.717) is 13.1 Å². The molecule has 0 atom stereocenters. The van der Waals surface area contributed by atoms with Crippen molar-refractivity contribution in [1.29, 1.82) is 0 Å². The minimum atomic E-state index is -0.430. The van der Waals surface area contributed by atoms with Crippen molar-refractivity contribution in [3.05, 3.63) is 17.5 Å². The van der Waals surface area contributed by atoms with Crippen LogP contribution < -0.4 is 4.68 Å². The third kappa shape index (κ3) is 2.78. The van der Waals surface area contributed by atoms with Crippen molar-refractivity contribution in [3.63, 3.8) is 0 Å². The van der Waals surface area contributed by atoms with Gasteiger partial charge in [0.05, 0.1) is 17.8 Å². The fourth-order valence-electron chi connectivity index (χ4n) is 2.00. The first-order valence-electron chi connectivity index (χ1n) is 5.89. The van der Waals surface area contributed by atoms with Crippen LogP contribution in [0, 0.1) is 0 Å². The van der Waals surface area contributed by atoms with E-state index in [1.165, 1.54) is 11.3 Å². The van der Waals surface area contributed by atoms with Crippen molar-refractivity contribution in [2.45, 2.75) is 39.3 Å². The minimum absolute atomic E-state index is 0.230. The average Bonchev–Trinajstić information content (AvgIpc) is 2.53. The Morgan fingerprint density at radius 3 is 2.88 bits per heavy atom. The van der Waals surface area contributed by atoms with E-state index < -0.39 is 5.60 Å². The van der Waals surface area contributed by atoms with E-state index in [9.17, 15) is 4.79 Å². The molecule has 0 fully saturated rings. The largest absolute Gasteiger partial charge is 0.444 e. The summed E-state index contributed by atoms with van der Waals surface area (Å²) in [6, 6.07) is 0. The molecule has 5 nitrogen and oxygen atoms in total. The first-order chi connectivity index (χ1) is 7.85. The molecule has 1 aromatic rings. The maximum absolute atomic E-state index is 11.9. The molecule has 2 rings (SSSR count). The van der Waals surface area contributed by atoms with E-state index in [1.807, 2.05) is 38.7 Å². The Hall–Kier alpha value is -1.52. The van der Waals surface area contributed by atoms with Crippen LogP contribution in [0.15, 0.2) is 6.20 Å². The Labute approximate surface area is 101 Å². The van der Waals surface area contributed by atoms with Gasteiger partial charge in [-0.15, -0.1) is 4.68 Å². The zero-order valence-electron chi connectivity index (χ0n) is 10.9. The fourth-order valence-corrected chi connectivity index (χ4v) is 2.00. The van der Waals surface area contributed by atoms with Crippen molar-refractivity contribution in [1.82, 2.24) is 10.00 Å². The molecule has 0 bridgehead atoms. The zero-order valence-corrected chi connectivity index (χ0v) is 10.9. The molecule has 0 spiro atoms. The maximum Gasteiger partial charge on any atom is 0.410 e. The number of aromatic nitrogens is 2. The number of nitrogens with zero attached hydrogens (tertiary/aromatic N) is 2. The number of hydrogen-bond acceptors (Lipinski definition) is 2. The summed E-state index contributed by atoms with van der Waals surface area (Å²) in [5.41, 5.74) is 1.96. The molecule has 0 aliphatic carbocycles. The molecule has 0 radical (unpaired) electrons. The molecule has 1 aromatic heterocycles. The lowest BCUT2D eigenvalue weighted by atomic mass is 10.1. The summed E-state index contributed by atoms with van der Waals surface area (Å²) in [6.07, 6.45) is 2.65. The van der Waals surface area contributed by atoms with E-state index in [1.54, 1.807) is 4.90 Å². The second-order valence-electron chi connectivity index (χ2n) is 5.51. The lowest BCUT2D eigenvalue weighted by molar-refractivity contribution is -0.727. The Morgan fingerprint density at radius 1 is 1.53 bits per heavy atom. The lowest BCUT2D eigenvalue weighted by Crippen LogP contribution is -2.39. The predicted molar refractivity (Wildman–Crippen MR) is 62.3 cm³/mol. The van der Waals surface area contributed by atoms with Crippen LogP contribution in [0.3, 0.4) is 0 Å². The highest BCUT2D eigenvalue weighted by Gasteiger charge is 2.28. The number of aromatic amines is 1. The Kier molecular flexibility index (Phi) is 2.85. The first kappa shape index (κ1) is 12.0. The summed E-state index contributed by atoms with van der Waals surface area (Å²) in [4.78, 5) is 13.7. The van der Waals surface area contributed by atoms with Gasteiger partial charge < -0.3 is 9.64 Å². The monoisotopic (exact) mass is 238 g/mol. The Bertz CT molecular complexity index is 431. The van der Waals surface area contributed by atoms with E-state index in [4.69, 9.17) is 4.74 Å². The summed E-state index contributed by atoms with van der Waals surface area (Å²) >= 11 is 0. The number of aryl methyl sites for hydroxylation is 1. The second kappa shape index (κ2) is 4.05. The quantitative estimate of drug-likeness (QED) is 0.689. The predicted octanol–water partition coefficient (Wildman–Crippen LogP) is 1.13. The number of rotatable bonds is 0. The molecule has 0 unspecified atom stereocenters. The van der Waals surface area contributed by atoms with E-state index in [2.05, 4.69) is 5.10 Å². The molecular weight excluding hydrogens is 218 g/mol. The molecule has 1 aliphatic rings. The summed E-state index contributed by atoms with van der Waals surface area (Å²) in [6.45, 7) is 6.99. The fraction of sp³-hybridized carbons (Fsp3) is 0.667. The number of fused-ring (bicyclic) bond motifs is 1. The van der Waals surface area contributed by atoms with Gasteiger partial charge in [-0.3, -0.25) is 0 Å². The second-order valence-corrected chi connectivity index (χ2v) is 5.51. The number of ether oxygens (including phenoxy) is 1. The molecule has 1 amide bonds. The number of carbonyl (C=O) groups excluding carboxylic acids is 1. The van der Waals surface area contributed by atoms with Crippen molar-refractivity contribution < 1.29 is 14.2 Å². The van der Waals surface area contributed by atoms with Gasteiger partial charge in [0, 0.05) is 13.0 Å². The van der Waals surface area contributed by atoms with Gasteiger partial charge in [-0.1, -0.05) is 0 Å². The lowest BCUT2D eigenvalue weighted by Gasteiger charge is -2.29. The van der Waals surface area contributed by atoms with E-state index in [0.717, 1.165) is 6.42 Å². The van der Waals surface area contributed by atoms with Crippen LogP contribution in [-0.2, 0) is 24.8 Å². The highest BCUT2D eigenvalue weighted by Crippen LogP contribution is 2.18. The van der Waals surface area contributed by atoms with Gasteiger partial charge in [0.15, 0.2) is 13.2 Å². The van der Waals surface area contributed by atoms with Crippen LogP contribution in [-0.4, -0.2) is 28.2 Å². The highest BCUT2D eigenvalue weighted by atomic mass is 16.6. The summed E-state index contributed by atoms with van der Waals surface area (Å²) in [5.74, 6) is 0. The number of H-pyrrole nitrogens is 1. The van der Waals surface area contributed by atoms with Crippen LogP contribution in [0.25, 0.3) is 0 Å². The van der Waals surface area contributed by atoms with Crippen molar-refractivity contribution in [2.75, 3.05) is 6.54 Å². The average molecular weight is 238 g/mol. The molecule has 94 valence electrons. The topological polar surface area (TPSA) is 49.2 Å². The van der Waals surface area contributed by atoms with Gasteiger partial charge in [0.25, 0.3) is 0 Å². The van der Waals surface area contributed by atoms with Gasteiger partial charge in [0.1, 0.15) is 5.60 Å². The smallest absolute Gasteiger partial charge is 0.410 e. The maximum atomic E-state index is 11.9. The van der Waals surface area contributed by atoms with Crippen LogP contribution in [0.4, 0.5) is 4.79 Å². The molecule has 17 heavy (non-hydrogen) atoms. The molecule has 1 N–H and O–H groups in total. The van der Waals surface area contributed by atoms with Gasteiger partial charge in [0.2, 0.25) is 0 Å². The van der Waals surface area contributed by atoms with E-state index in [-0.39, 0.29) is 6.09 Å². The van der Waals surface area contributed by atoms with Crippen LogP contribution in [0.1, 0.15) is 32.0 Å². The van der Waals surface area contributed by atoms with Crippen LogP contribution >= 0.6 is 0 Å². The standard InChI is InChI=1S/C12H19N3O2/c1-12(2,3)17-11(16)15-6-5-10-9(8-15)7-14(4)13-10/h7H,5-6,8H2,1-4H3/p+1. The summed E-state index contributed by atoms with van der Waals surface area (Å²) in [7, 11) is 1.95. The van der Waals surface area contributed by atoms with Gasteiger partial charge in [-0.05, 0) is 20.8 Å². The molecule has 0 saturated carbocycles. The molecule has 1 aliphatic heterocycles. The zero-order chi connectivity index (χ0) is 12.6. The van der Waals surface area contributed by atoms with Crippen molar-refractivity contribution >= 4 is 6.09 Å². The third-order valence-electron chi connectivity index (χ3n) is 2.69. The summed E-state index contributed by atoms with van der Waals surface area (Å²) < 4.78 is 7.29. The number of amides is 1. The molecule has 5 heteroatoms. The molecule has 0 aromatic carbocycles. The minimum Gasteiger partial charge on any atom is -0.444 e. The molecule has 2 heterocycles. The summed E-state index contributed by atoms with van der Waals surface area (Å²) in [5, 5.41) is 3.24. The first-order valence-corrected chi connectivity index (χ1v) is 5.89. The normalized spacial score (nSPS) is 15.6. The van der Waals surface area contributed by atoms with Crippen LogP contribution in [0.2, 0.25) is 0 Å². The van der Waals surface area contributed by atoms with Crippen LogP contribution in [0.5, 0.6) is 0 Å².